The van der Waals surface area contributed by atoms with E-state index in [-0.39, 0.29) is 13.1 Å². The summed E-state index contributed by atoms with van der Waals surface area (Å²) in [5, 5.41) is 84.9. The van der Waals surface area contributed by atoms with Crippen molar-refractivity contribution in [3.8, 4) is 0 Å². The number of aliphatic hydroxyl groups excluding tert-OH is 8. The van der Waals surface area contributed by atoms with E-state index in [1.54, 1.807) is 0 Å². The predicted octanol–water partition coefficient (Wildman–Crippen LogP) is -8.48. The second-order valence-electron chi connectivity index (χ2n) is 10.5. The van der Waals surface area contributed by atoms with E-state index in [0.29, 0.717) is 12.2 Å². The van der Waals surface area contributed by atoms with Crippen LogP contribution < -0.4 is 11.5 Å². The van der Waals surface area contributed by atoms with Gasteiger partial charge in [0.05, 0.1) is 38.4 Å². The summed E-state index contributed by atoms with van der Waals surface area (Å²) in [6, 6.07) is -2.38. The molecule has 2 saturated heterocycles. The van der Waals surface area contributed by atoms with Crippen molar-refractivity contribution in [2.24, 2.45) is 21.8 Å². The Kier molecular flexibility index (Phi) is 14.0. The van der Waals surface area contributed by atoms with E-state index in [4.69, 9.17) is 11.5 Å². The van der Waals surface area contributed by atoms with Gasteiger partial charge in [-0.1, -0.05) is 0 Å². The van der Waals surface area contributed by atoms with Crippen molar-refractivity contribution in [2.75, 3.05) is 53.5 Å². The number of likely N-dealkylation sites (tertiary alicyclic amines) is 2. The number of oxime groups is 2. The number of guanidine groups is 2. The van der Waals surface area contributed by atoms with Crippen molar-refractivity contribution in [2.45, 2.75) is 48.7 Å². The topological polar surface area (TPSA) is 338 Å². The monoisotopic (exact) mass is 664 g/mol. The fourth-order valence-corrected chi connectivity index (χ4v) is 4.42. The maximum absolute atomic E-state index is 12.6. The summed E-state index contributed by atoms with van der Waals surface area (Å²) in [5.41, 5.74) is 11.4. The molecule has 0 aromatic rings. The van der Waals surface area contributed by atoms with E-state index < -0.39 is 111 Å². The molecule has 22 heteroatoms. The molecule has 2 fully saturated rings. The lowest BCUT2D eigenvalue weighted by atomic mass is 9.94. The largest absolute Gasteiger partial charge is 0.394 e. The highest BCUT2D eigenvalue weighted by Crippen LogP contribution is 2.20. The summed E-state index contributed by atoms with van der Waals surface area (Å²) in [7, 11) is 2.58. The predicted molar refractivity (Wildman–Crippen MR) is 151 cm³/mol. The first-order valence-electron chi connectivity index (χ1n) is 13.6. The zero-order valence-electron chi connectivity index (χ0n) is 24.9. The Hall–Kier alpha value is -4.16. The molecule has 0 saturated carbocycles. The van der Waals surface area contributed by atoms with Gasteiger partial charge < -0.3 is 81.6 Å². The van der Waals surface area contributed by atoms with Crippen LogP contribution in [-0.4, -0.2) is 198 Å². The normalized spacial score (nSPS) is 29.0. The van der Waals surface area contributed by atoms with Crippen LogP contribution in [0.1, 0.15) is 0 Å². The summed E-state index contributed by atoms with van der Waals surface area (Å²) < 4.78 is 0. The minimum Gasteiger partial charge on any atom is -0.394 e. The fourth-order valence-electron chi connectivity index (χ4n) is 4.42. The lowest BCUT2D eigenvalue weighted by molar-refractivity contribution is -0.166. The molecule has 0 aromatic heterocycles. The minimum absolute atomic E-state index is 0.376. The van der Waals surface area contributed by atoms with Gasteiger partial charge in [0.25, 0.3) is 0 Å². The molecule has 0 bridgehead atoms. The second kappa shape index (κ2) is 17.0. The summed E-state index contributed by atoms with van der Waals surface area (Å²) in [4.78, 5) is 62.1. The van der Waals surface area contributed by atoms with Crippen molar-refractivity contribution in [3.05, 3.63) is 12.2 Å². The first-order valence-corrected chi connectivity index (χ1v) is 13.6. The molecule has 46 heavy (non-hydrogen) atoms. The standard InChI is InChI=1S/C24H40N8O14/c1-29(7-15(37)31-5-13(35)21(43)19(41)11(31)9-33)23(25)27-45-17(39)3-4-18(40)46-28-24(26)30(2)8-16(38)32-6-14(36)22(44)20(42)12(32)10-34/h3-4,11-14,19-22,33-36,41-44H,5-10H2,1-2H3,(H2,25,27)(H2,26,28)/b4-3+/t11-,12-,13+,14+,19-,20-,21-,22-/m1/s1. The highest BCUT2D eigenvalue weighted by Gasteiger charge is 2.44. The van der Waals surface area contributed by atoms with Gasteiger partial charge in [-0.05, 0) is 10.3 Å². The number of aliphatic hydroxyl groups is 8. The van der Waals surface area contributed by atoms with Crippen LogP contribution in [0.4, 0.5) is 0 Å². The molecule has 0 aliphatic carbocycles. The van der Waals surface area contributed by atoms with Crippen molar-refractivity contribution in [3.63, 3.8) is 0 Å². The van der Waals surface area contributed by atoms with Gasteiger partial charge in [-0.2, -0.15) is 0 Å². The van der Waals surface area contributed by atoms with E-state index >= 15 is 0 Å². The molecule has 2 aliphatic rings. The van der Waals surface area contributed by atoms with Crippen LogP contribution in [0.5, 0.6) is 0 Å². The average Bonchev–Trinajstić information content (AvgIpc) is 3.02. The van der Waals surface area contributed by atoms with Crippen LogP contribution in [0, 0.1) is 0 Å². The minimum atomic E-state index is -1.60. The van der Waals surface area contributed by atoms with Gasteiger partial charge in [-0.25, -0.2) is 9.59 Å². The summed E-state index contributed by atoms with van der Waals surface area (Å²) >= 11 is 0. The van der Waals surface area contributed by atoms with Crippen LogP contribution in [0.15, 0.2) is 22.5 Å². The molecule has 2 amide bonds. The molecular formula is C24H40N8O14. The van der Waals surface area contributed by atoms with Crippen molar-refractivity contribution in [1.82, 2.24) is 19.6 Å². The van der Waals surface area contributed by atoms with Crippen LogP contribution >= 0.6 is 0 Å². The molecule has 12 N–H and O–H groups in total. The van der Waals surface area contributed by atoms with E-state index in [0.717, 1.165) is 19.6 Å². The van der Waals surface area contributed by atoms with Gasteiger partial charge >= 0.3 is 11.9 Å². The Labute approximate surface area is 261 Å². The van der Waals surface area contributed by atoms with Gasteiger partial charge in [-0.15, -0.1) is 0 Å². The number of nitrogens with two attached hydrogens (primary N) is 2. The summed E-state index contributed by atoms with van der Waals surface area (Å²) in [5.74, 6) is -4.78. The Morgan fingerprint density at radius 3 is 1.33 bits per heavy atom. The Morgan fingerprint density at radius 1 is 0.696 bits per heavy atom. The van der Waals surface area contributed by atoms with Crippen LogP contribution in [0.3, 0.4) is 0 Å². The third kappa shape index (κ3) is 9.67. The lowest BCUT2D eigenvalue weighted by Crippen LogP contribution is -2.65. The number of hydrogen-bond acceptors (Lipinski definition) is 16. The van der Waals surface area contributed by atoms with Gasteiger partial charge in [-0.3, -0.25) is 9.59 Å². The zero-order valence-corrected chi connectivity index (χ0v) is 24.9. The number of likely N-dealkylation sites (N-methyl/N-ethyl adjacent to an activating group) is 2. The molecule has 0 aromatic carbocycles. The molecule has 2 aliphatic heterocycles. The van der Waals surface area contributed by atoms with Crippen molar-refractivity contribution in [1.29, 1.82) is 0 Å². The van der Waals surface area contributed by atoms with Gasteiger partial charge in [0.15, 0.2) is 0 Å². The smallest absolute Gasteiger partial charge is 0.359 e. The molecule has 0 unspecified atom stereocenters. The number of hydrogen-bond donors (Lipinski definition) is 10. The van der Waals surface area contributed by atoms with Crippen LogP contribution in [0.25, 0.3) is 0 Å². The van der Waals surface area contributed by atoms with Crippen LogP contribution in [0.2, 0.25) is 0 Å². The van der Waals surface area contributed by atoms with E-state index in [9.17, 15) is 60.0 Å². The van der Waals surface area contributed by atoms with Gasteiger partial charge in [0.1, 0.15) is 36.6 Å². The van der Waals surface area contributed by atoms with Crippen molar-refractivity contribution < 1.29 is 69.7 Å². The molecule has 2 heterocycles. The quantitative estimate of drug-likeness (QED) is 0.0340. The Balaban J connectivity index is 1.85. The molecule has 260 valence electrons. The number of nitrogens with zero attached hydrogens (tertiary/aromatic N) is 6. The Bertz CT molecular complexity index is 1100. The van der Waals surface area contributed by atoms with Crippen LogP contribution in [-0.2, 0) is 28.9 Å². The second-order valence-corrected chi connectivity index (χ2v) is 10.5. The highest BCUT2D eigenvalue weighted by atomic mass is 16.7. The summed E-state index contributed by atoms with van der Waals surface area (Å²) in [6.45, 7) is -3.13. The number of piperidine rings is 2. The zero-order chi connectivity index (χ0) is 34.9. The highest BCUT2D eigenvalue weighted by molar-refractivity contribution is 5.93. The molecular weight excluding hydrogens is 624 g/mol. The number of amides is 2. The Morgan fingerprint density at radius 2 is 1.02 bits per heavy atom. The number of carbonyl (C=O) groups is 4. The molecule has 2 rings (SSSR count). The average molecular weight is 665 g/mol. The summed E-state index contributed by atoms with van der Waals surface area (Å²) in [6.07, 6.45) is -8.07. The SMILES string of the molecule is CN(CC(=O)N1C[C@H](O)[C@@H](O)[C@H](O)[C@H]1CO)C(N)=NOC(=O)/C=C/C(=O)ON=C(N)N(C)CC(=O)N1C[C@H](O)[C@@H](O)[C@H](O)[C@H]1CO. The molecule has 0 radical (unpaired) electrons. The van der Waals surface area contributed by atoms with Gasteiger partial charge in [0, 0.05) is 39.3 Å². The van der Waals surface area contributed by atoms with E-state index in [2.05, 4.69) is 20.0 Å². The lowest BCUT2D eigenvalue weighted by Gasteiger charge is -2.43. The van der Waals surface area contributed by atoms with E-state index in [1.165, 1.54) is 14.1 Å². The third-order valence-electron chi connectivity index (χ3n) is 7.20. The number of carbonyl (C=O) groups excluding carboxylic acids is 4. The van der Waals surface area contributed by atoms with Gasteiger partial charge in [0.2, 0.25) is 23.7 Å². The fraction of sp³-hybridized carbons (Fsp3) is 0.667. The third-order valence-corrected chi connectivity index (χ3v) is 7.20. The first-order chi connectivity index (χ1) is 21.5. The number of β-amino-alcohol motifs (C(OH)–C–C–N with tert-alkyl or cyclic N) is 2. The first kappa shape index (κ1) is 38.0. The molecule has 8 atom stereocenters. The maximum atomic E-state index is 12.6. The maximum Gasteiger partial charge on any atom is 0.359 e. The molecule has 0 spiro atoms. The van der Waals surface area contributed by atoms with E-state index in [1.807, 2.05) is 0 Å². The molecule has 22 nitrogen and oxygen atoms in total. The number of rotatable bonds is 10. The van der Waals surface area contributed by atoms with Crippen molar-refractivity contribution >= 4 is 35.7 Å².